The third-order valence-corrected chi connectivity index (χ3v) is 5.47. The van der Waals surface area contributed by atoms with Crippen LogP contribution in [0.2, 0.25) is 0 Å². The van der Waals surface area contributed by atoms with Crippen molar-refractivity contribution in [1.82, 2.24) is 20.2 Å². The molecule has 5 aromatic rings. The van der Waals surface area contributed by atoms with Gasteiger partial charge in [0.15, 0.2) is 11.6 Å². The second kappa shape index (κ2) is 9.96. The van der Waals surface area contributed by atoms with E-state index in [1.807, 2.05) is 0 Å². The van der Waals surface area contributed by atoms with Crippen LogP contribution in [0, 0.1) is 11.6 Å². The highest BCUT2D eigenvalue weighted by atomic mass is 19.4. The quantitative estimate of drug-likeness (QED) is 0.165. The van der Waals surface area contributed by atoms with Crippen molar-refractivity contribution in [2.75, 3.05) is 6.61 Å². The lowest BCUT2D eigenvalue weighted by atomic mass is 10.1. The first-order chi connectivity index (χ1) is 17.7. The lowest BCUT2D eigenvalue weighted by molar-refractivity contribution is -0.746. The van der Waals surface area contributed by atoms with Crippen molar-refractivity contribution in [2.45, 2.75) is 25.6 Å². The fourth-order valence-electron chi connectivity index (χ4n) is 3.68. The number of halogens is 5. The maximum atomic E-state index is 14.1. The molecular formula is C25H19F5N5O2+. The summed E-state index contributed by atoms with van der Waals surface area (Å²) in [5.74, 6) is -0.802. The summed E-state index contributed by atoms with van der Waals surface area (Å²) in [6.45, 7) is 0.211. The number of nitrogens with zero attached hydrogens (tertiary/aromatic N) is 4. The zero-order valence-electron chi connectivity index (χ0n) is 19.1. The van der Waals surface area contributed by atoms with Gasteiger partial charge in [-0.15, -0.1) is 0 Å². The van der Waals surface area contributed by atoms with Crippen molar-refractivity contribution in [3.8, 4) is 28.4 Å². The van der Waals surface area contributed by atoms with Crippen LogP contribution in [-0.4, -0.2) is 33.0 Å². The number of H-pyrrole nitrogens is 1. The summed E-state index contributed by atoms with van der Waals surface area (Å²) in [5.41, 5.74) is 2.36. The van der Waals surface area contributed by atoms with Gasteiger partial charge in [0.05, 0.1) is 12.2 Å². The molecule has 190 valence electrons. The molecule has 1 N–H and O–H groups in total. The summed E-state index contributed by atoms with van der Waals surface area (Å²) < 4.78 is 76.7. The third-order valence-electron chi connectivity index (χ3n) is 5.47. The second-order valence-electron chi connectivity index (χ2n) is 8.23. The highest BCUT2D eigenvalue weighted by Crippen LogP contribution is 2.25. The van der Waals surface area contributed by atoms with Crippen molar-refractivity contribution in [2.24, 2.45) is 0 Å². The fourth-order valence-corrected chi connectivity index (χ4v) is 3.68. The van der Waals surface area contributed by atoms with Gasteiger partial charge in [0.2, 0.25) is 18.5 Å². The number of hydrogen-bond acceptors (Lipinski definition) is 5. The third kappa shape index (κ3) is 5.74. The minimum absolute atomic E-state index is 0.0142. The topological polar surface area (TPSA) is 80.7 Å². The Morgan fingerprint density at radius 3 is 2.65 bits per heavy atom. The SMILES string of the molecule is Fc1cccc(-c2nc3cn[n+](Cc4cc(-c5ccc(OCCCC(F)(F)F)cc5)no4)cc3[nH]2)c1F. The van der Waals surface area contributed by atoms with Gasteiger partial charge >= 0.3 is 6.18 Å². The molecule has 7 nitrogen and oxygen atoms in total. The monoisotopic (exact) mass is 516 g/mol. The summed E-state index contributed by atoms with van der Waals surface area (Å²) in [6, 6.07) is 12.4. The van der Waals surface area contributed by atoms with Gasteiger partial charge in [0.1, 0.15) is 34.5 Å². The summed E-state index contributed by atoms with van der Waals surface area (Å²) in [5, 5.41) is 8.34. The van der Waals surface area contributed by atoms with E-state index in [4.69, 9.17) is 9.26 Å². The molecule has 0 saturated heterocycles. The first kappa shape index (κ1) is 24.3. The smallest absolute Gasteiger partial charge is 0.389 e. The number of nitrogens with one attached hydrogen (secondary N) is 1. The molecule has 0 aliphatic carbocycles. The van der Waals surface area contributed by atoms with Gasteiger partial charge < -0.3 is 14.2 Å². The Hall–Kier alpha value is -4.35. The van der Waals surface area contributed by atoms with Crippen LogP contribution in [0.1, 0.15) is 18.6 Å². The molecule has 0 spiro atoms. The molecule has 0 unspecified atom stereocenters. The van der Waals surface area contributed by atoms with E-state index in [-0.39, 0.29) is 31.0 Å². The molecule has 2 aromatic carbocycles. The standard InChI is InChI=1S/C25H18F5N5O2/c26-19-4-1-3-18(23(19)27)24-32-21-12-31-35(14-22(21)33-24)13-17-11-20(34-37-17)15-5-7-16(8-6-15)36-10-2-9-25(28,29)30/h1,3-8,11-12,14H,2,9-10,13H2/p+1. The number of hydrogen-bond donors (Lipinski definition) is 1. The predicted octanol–water partition coefficient (Wildman–Crippen LogP) is 5.62. The highest BCUT2D eigenvalue weighted by molar-refractivity contribution is 5.77. The first-order valence-electron chi connectivity index (χ1n) is 11.2. The van der Waals surface area contributed by atoms with E-state index in [1.165, 1.54) is 18.3 Å². The molecule has 0 bridgehead atoms. The van der Waals surface area contributed by atoms with Crippen LogP contribution >= 0.6 is 0 Å². The lowest BCUT2D eigenvalue weighted by Crippen LogP contribution is -2.37. The molecule has 0 amide bonds. The van der Waals surface area contributed by atoms with Crippen LogP contribution in [0.25, 0.3) is 33.7 Å². The lowest BCUT2D eigenvalue weighted by Gasteiger charge is -2.08. The predicted molar refractivity (Wildman–Crippen MR) is 121 cm³/mol. The van der Waals surface area contributed by atoms with Crippen LogP contribution < -0.4 is 9.42 Å². The minimum atomic E-state index is -4.19. The Morgan fingerprint density at radius 1 is 1.05 bits per heavy atom. The van der Waals surface area contributed by atoms with Gasteiger partial charge in [0, 0.05) is 18.1 Å². The average Bonchev–Trinajstić information content (AvgIpc) is 3.50. The molecule has 37 heavy (non-hydrogen) atoms. The van der Waals surface area contributed by atoms with Gasteiger partial charge in [-0.05, 0) is 47.9 Å². The summed E-state index contributed by atoms with van der Waals surface area (Å²) in [7, 11) is 0. The summed E-state index contributed by atoms with van der Waals surface area (Å²) >= 11 is 0. The van der Waals surface area contributed by atoms with Crippen LogP contribution in [0.4, 0.5) is 22.0 Å². The molecule has 0 radical (unpaired) electrons. The van der Waals surface area contributed by atoms with Crippen LogP contribution in [0.15, 0.2) is 65.4 Å². The van der Waals surface area contributed by atoms with Gasteiger partial charge in [-0.2, -0.15) is 13.2 Å². The van der Waals surface area contributed by atoms with Crippen molar-refractivity contribution in [3.63, 3.8) is 0 Å². The number of fused-ring (bicyclic) bond motifs is 1. The molecule has 0 fully saturated rings. The van der Waals surface area contributed by atoms with Crippen LogP contribution in [0.3, 0.4) is 0 Å². The number of alkyl halides is 3. The molecule has 0 saturated carbocycles. The van der Waals surface area contributed by atoms with E-state index in [0.29, 0.717) is 28.2 Å². The Morgan fingerprint density at radius 2 is 1.86 bits per heavy atom. The van der Waals surface area contributed by atoms with E-state index in [2.05, 4.69) is 20.2 Å². The molecule has 0 atom stereocenters. The van der Waals surface area contributed by atoms with Crippen molar-refractivity contribution in [3.05, 3.63) is 78.3 Å². The summed E-state index contributed by atoms with van der Waals surface area (Å²) in [6.07, 6.45) is -2.04. The molecular weight excluding hydrogens is 497 g/mol. The van der Waals surface area contributed by atoms with Gasteiger partial charge in [0.25, 0.3) is 0 Å². The van der Waals surface area contributed by atoms with Gasteiger partial charge in [-0.1, -0.05) is 15.9 Å². The van der Waals surface area contributed by atoms with Crippen molar-refractivity contribution in [1.29, 1.82) is 0 Å². The number of rotatable bonds is 8. The zero-order chi connectivity index (χ0) is 26.0. The Balaban J connectivity index is 1.24. The number of benzene rings is 2. The second-order valence-corrected chi connectivity index (χ2v) is 8.23. The van der Waals surface area contributed by atoms with E-state index in [9.17, 15) is 22.0 Å². The number of imidazole rings is 1. The molecule has 3 heterocycles. The number of aromatic nitrogens is 5. The average molecular weight is 516 g/mol. The van der Waals surface area contributed by atoms with E-state index in [0.717, 1.165) is 11.6 Å². The summed E-state index contributed by atoms with van der Waals surface area (Å²) in [4.78, 5) is 7.26. The molecule has 5 rings (SSSR count). The van der Waals surface area contributed by atoms with E-state index < -0.39 is 24.2 Å². The van der Waals surface area contributed by atoms with Crippen molar-refractivity contribution >= 4 is 11.0 Å². The van der Waals surface area contributed by atoms with Gasteiger partial charge in [-0.3, -0.25) is 0 Å². The maximum Gasteiger partial charge on any atom is 0.389 e. The first-order valence-corrected chi connectivity index (χ1v) is 11.2. The normalized spacial score (nSPS) is 11.8. The van der Waals surface area contributed by atoms with E-state index >= 15 is 0 Å². The Labute approximate surface area is 206 Å². The maximum absolute atomic E-state index is 14.1. The highest BCUT2D eigenvalue weighted by Gasteiger charge is 2.26. The largest absolute Gasteiger partial charge is 0.494 e. The number of ether oxygens (including phenoxy) is 1. The van der Waals surface area contributed by atoms with Crippen LogP contribution in [0.5, 0.6) is 5.75 Å². The Bertz CT molecular complexity index is 1530. The van der Waals surface area contributed by atoms with Gasteiger partial charge in [-0.25, -0.2) is 13.8 Å². The fraction of sp³-hybridized carbons (Fsp3) is 0.200. The number of aromatic amines is 1. The van der Waals surface area contributed by atoms with E-state index in [1.54, 1.807) is 41.2 Å². The molecule has 0 aliphatic rings. The zero-order valence-corrected chi connectivity index (χ0v) is 19.1. The van der Waals surface area contributed by atoms with Crippen molar-refractivity contribution < 1.29 is 35.9 Å². The minimum Gasteiger partial charge on any atom is -0.494 e. The van der Waals surface area contributed by atoms with Crippen LogP contribution in [-0.2, 0) is 6.54 Å². The molecule has 0 aliphatic heterocycles. The molecule has 3 aromatic heterocycles. The Kier molecular flexibility index (Phi) is 6.55. The molecule has 12 heteroatoms.